The van der Waals surface area contributed by atoms with Gasteiger partial charge in [0.1, 0.15) is 0 Å². The van der Waals surface area contributed by atoms with E-state index < -0.39 is 0 Å². The van der Waals surface area contributed by atoms with Crippen LogP contribution in [-0.4, -0.2) is 60.8 Å². The fourth-order valence-corrected chi connectivity index (χ4v) is 2.50. The molecular formula is C14H27N5. The van der Waals surface area contributed by atoms with Crippen molar-refractivity contribution < 1.29 is 0 Å². The number of hydrogen-bond acceptors (Lipinski definition) is 4. The lowest BCUT2D eigenvalue weighted by Gasteiger charge is -2.29. The average Bonchev–Trinajstić information content (AvgIpc) is 2.84. The second kappa shape index (κ2) is 6.91. The first kappa shape index (κ1) is 14.3. The molecule has 0 amide bonds. The summed E-state index contributed by atoms with van der Waals surface area (Å²) in [5.74, 6) is 1.73. The average molecular weight is 265 g/mol. The van der Waals surface area contributed by atoms with Gasteiger partial charge in [0, 0.05) is 65.3 Å². The zero-order chi connectivity index (χ0) is 13.7. The Morgan fingerprint density at radius 1 is 1.37 bits per heavy atom. The molecule has 1 N–H and O–H groups in total. The maximum absolute atomic E-state index is 4.49. The van der Waals surface area contributed by atoms with Crippen LogP contribution in [0.25, 0.3) is 0 Å². The van der Waals surface area contributed by atoms with Gasteiger partial charge in [0.05, 0.1) is 0 Å². The molecule has 1 fully saturated rings. The molecule has 19 heavy (non-hydrogen) atoms. The van der Waals surface area contributed by atoms with E-state index in [1.54, 1.807) is 0 Å². The molecule has 5 heteroatoms. The number of aromatic nitrogens is 2. The summed E-state index contributed by atoms with van der Waals surface area (Å²) in [6.45, 7) is 12.2. The van der Waals surface area contributed by atoms with Crippen LogP contribution in [0, 0.1) is 5.92 Å². The third kappa shape index (κ3) is 4.21. The van der Waals surface area contributed by atoms with Crippen molar-refractivity contribution in [2.24, 2.45) is 5.92 Å². The van der Waals surface area contributed by atoms with Crippen molar-refractivity contribution in [3.05, 3.63) is 12.4 Å². The minimum absolute atomic E-state index is 0.648. The molecule has 1 aromatic rings. The first-order valence-corrected chi connectivity index (χ1v) is 7.32. The highest BCUT2D eigenvalue weighted by Gasteiger charge is 2.13. The van der Waals surface area contributed by atoms with Crippen molar-refractivity contribution >= 4 is 5.95 Å². The number of hydrogen-bond donors (Lipinski definition) is 1. The molecule has 0 aromatic carbocycles. The maximum atomic E-state index is 4.49. The summed E-state index contributed by atoms with van der Waals surface area (Å²) in [5.41, 5.74) is 0. The van der Waals surface area contributed by atoms with Gasteiger partial charge in [0.2, 0.25) is 5.95 Å². The summed E-state index contributed by atoms with van der Waals surface area (Å²) in [6, 6.07) is 0. The van der Waals surface area contributed by atoms with Crippen LogP contribution in [0.1, 0.15) is 13.8 Å². The Labute approximate surface area is 116 Å². The third-order valence-corrected chi connectivity index (χ3v) is 3.56. The topological polar surface area (TPSA) is 36.3 Å². The normalized spacial score (nSPS) is 17.1. The van der Waals surface area contributed by atoms with E-state index in [1.807, 2.05) is 6.20 Å². The molecule has 1 aliphatic heterocycles. The summed E-state index contributed by atoms with van der Waals surface area (Å²) < 4.78 is 2.25. The Morgan fingerprint density at radius 2 is 2.11 bits per heavy atom. The summed E-state index contributed by atoms with van der Waals surface area (Å²) in [5, 5.41) is 3.39. The number of anilines is 1. The number of rotatable bonds is 6. The number of likely N-dealkylation sites (N-methyl/N-ethyl adjacent to an activating group) is 1. The van der Waals surface area contributed by atoms with E-state index in [-0.39, 0.29) is 0 Å². The van der Waals surface area contributed by atoms with Crippen molar-refractivity contribution in [3.63, 3.8) is 0 Å². The summed E-state index contributed by atoms with van der Waals surface area (Å²) in [6.07, 6.45) is 3.98. The predicted octanol–water partition coefficient (Wildman–Crippen LogP) is 0.881. The fraction of sp³-hybridized carbons (Fsp3) is 0.786. The van der Waals surface area contributed by atoms with Gasteiger partial charge in [0.15, 0.2) is 0 Å². The minimum atomic E-state index is 0.648. The van der Waals surface area contributed by atoms with Crippen LogP contribution < -0.4 is 10.2 Å². The van der Waals surface area contributed by atoms with Crippen molar-refractivity contribution in [1.29, 1.82) is 0 Å². The fourth-order valence-electron chi connectivity index (χ4n) is 2.50. The first-order chi connectivity index (χ1) is 9.16. The molecule has 0 spiro atoms. The van der Waals surface area contributed by atoms with Gasteiger partial charge < -0.3 is 14.8 Å². The highest BCUT2D eigenvalue weighted by Crippen LogP contribution is 2.12. The lowest BCUT2D eigenvalue weighted by molar-refractivity contribution is 0.246. The highest BCUT2D eigenvalue weighted by atomic mass is 15.3. The monoisotopic (exact) mass is 265 g/mol. The number of nitrogens with zero attached hydrogens (tertiary/aromatic N) is 4. The number of nitrogens with one attached hydrogen (secondary N) is 1. The molecule has 5 nitrogen and oxygen atoms in total. The second-order valence-corrected chi connectivity index (χ2v) is 5.79. The molecule has 1 saturated heterocycles. The van der Waals surface area contributed by atoms with Crippen LogP contribution in [0.3, 0.4) is 0 Å². The van der Waals surface area contributed by atoms with E-state index in [9.17, 15) is 0 Å². The maximum Gasteiger partial charge on any atom is 0.205 e. The molecule has 0 aliphatic carbocycles. The largest absolute Gasteiger partial charge is 0.344 e. The van der Waals surface area contributed by atoms with Gasteiger partial charge in [-0.25, -0.2) is 4.98 Å². The Bertz CT molecular complexity index is 368. The van der Waals surface area contributed by atoms with E-state index in [0.29, 0.717) is 5.92 Å². The van der Waals surface area contributed by atoms with Crippen LogP contribution in [0.5, 0.6) is 0 Å². The molecule has 108 valence electrons. The smallest absolute Gasteiger partial charge is 0.205 e. The van der Waals surface area contributed by atoms with E-state index in [0.717, 1.165) is 51.8 Å². The summed E-state index contributed by atoms with van der Waals surface area (Å²) in [4.78, 5) is 9.28. The molecule has 2 rings (SSSR count). The Kier molecular flexibility index (Phi) is 5.22. The van der Waals surface area contributed by atoms with E-state index in [1.165, 1.54) is 0 Å². The van der Waals surface area contributed by atoms with Crippen molar-refractivity contribution in [3.8, 4) is 0 Å². The molecule has 0 radical (unpaired) electrons. The lowest BCUT2D eigenvalue weighted by Crippen LogP contribution is -2.46. The van der Waals surface area contributed by atoms with Gasteiger partial charge in [-0.1, -0.05) is 13.8 Å². The van der Waals surface area contributed by atoms with Gasteiger partial charge in [-0.2, -0.15) is 0 Å². The molecule has 2 heterocycles. The van der Waals surface area contributed by atoms with Gasteiger partial charge in [-0.15, -0.1) is 0 Å². The number of piperazine rings is 1. The van der Waals surface area contributed by atoms with E-state index in [2.05, 4.69) is 51.8 Å². The Balaban J connectivity index is 1.84. The Morgan fingerprint density at radius 3 is 2.79 bits per heavy atom. The highest BCUT2D eigenvalue weighted by molar-refractivity contribution is 5.29. The van der Waals surface area contributed by atoms with Crippen molar-refractivity contribution in [2.75, 3.05) is 51.2 Å². The van der Waals surface area contributed by atoms with Crippen LogP contribution in [0.4, 0.5) is 5.95 Å². The summed E-state index contributed by atoms with van der Waals surface area (Å²) >= 11 is 0. The van der Waals surface area contributed by atoms with Crippen LogP contribution >= 0.6 is 0 Å². The van der Waals surface area contributed by atoms with Crippen molar-refractivity contribution in [1.82, 2.24) is 19.8 Å². The van der Waals surface area contributed by atoms with Crippen molar-refractivity contribution in [2.45, 2.75) is 20.4 Å². The first-order valence-electron chi connectivity index (χ1n) is 7.32. The van der Waals surface area contributed by atoms with Gasteiger partial charge in [-0.3, -0.25) is 4.90 Å². The van der Waals surface area contributed by atoms with Gasteiger partial charge >= 0.3 is 0 Å². The Hall–Kier alpha value is -1.07. The molecular weight excluding hydrogens is 238 g/mol. The van der Waals surface area contributed by atoms with E-state index in [4.69, 9.17) is 0 Å². The van der Waals surface area contributed by atoms with Crippen LogP contribution in [-0.2, 0) is 6.54 Å². The molecule has 0 saturated carbocycles. The molecule has 0 unspecified atom stereocenters. The van der Waals surface area contributed by atoms with E-state index >= 15 is 0 Å². The lowest BCUT2D eigenvalue weighted by atomic mass is 10.2. The van der Waals surface area contributed by atoms with Crippen LogP contribution in [0.2, 0.25) is 0 Å². The molecule has 1 aliphatic rings. The second-order valence-electron chi connectivity index (χ2n) is 5.79. The molecule has 1 aromatic heterocycles. The SMILES string of the molecule is CC(C)Cn1ccnc1N(C)CCN1CCNCC1. The zero-order valence-corrected chi connectivity index (χ0v) is 12.5. The molecule has 0 bridgehead atoms. The minimum Gasteiger partial charge on any atom is -0.344 e. The predicted molar refractivity (Wildman–Crippen MR) is 79.6 cm³/mol. The van der Waals surface area contributed by atoms with Crippen LogP contribution in [0.15, 0.2) is 12.4 Å². The van der Waals surface area contributed by atoms with Gasteiger partial charge in [-0.05, 0) is 5.92 Å². The standard InChI is InChI=1S/C14H27N5/c1-13(2)12-19-9-6-16-14(19)17(3)10-11-18-7-4-15-5-8-18/h6,9,13,15H,4-5,7-8,10-12H2,1-3H3. The number of imidazole rings is 1. The third-order valence-electron chi connectivity index (χ3n) is 3.56. The molecule has 0 atom stereocenters. The van der Waals surface area contributed by atoms with Gasteiger partial charge in [0.25, 0.3) is 0 Å². The summed E-state index contributed by atoms with van der Waals surface area (Å²) in [7, 11) is 2.14. The zero-order valence-electron chi connectivity index (χ0n) is 12.5. The quantitative estimate of drug-likeness (QED) is 0.828.